The first-order valence-corrected chi connectivity index (χ1v) is 8.63. The van der Waals surface area contributed by atoms with Crippen molar-refractivity contribution in [3.63, 3.8) is 0 Å². The fourth-order valence-electron chi connectivity index (χ4n) is 2.53. The van der Waals surface area contributed by atoms with E-state index in [0.717, 1.165) is 16.9 Å². The topological polar surface area (TPSA) is 69.4 Å². The van der Waals surface area contributed by atoms with Gasteiger partial charge in [-0.1, -0.05) is 53.8 Å². The molecule has 0 radical (unpaired) electrons. The second-order valence-corrected chi connectivity index (χ2v) is 6.21. The predicted molar refractivity (Wildman–Crippen MR) is 97.0 cm³/mol. The minimum absolute atomic E-state index is 0.285. The molecule has 0 bridgehead atoms. The lowest BCUT2D eigenvalue weighted by Crippen LogP contribution is -2.19. The second kappa shape index (κ2) is 6.45. The molecule has 4 rings (SSSR count). The van der Waals surface area contributed by atoms with Gasteiger partial charge in [-0.25, -0.2) is 0 Å². The Bertz CT molecular complexity index is 1090. The highest BCUT2D eigenvalue weighted by molar-refractivity contribution is 7.19. The summed E-state index contributed by atoms with van der Waals surface area (Å²) in [6, 6.07) is 16.9. The highest BCUT2D eigenvalue weighted by Crippen LogP contribution is 2.32. The van der Waals surface area contributed by atoms with Crippen molar-refractivity contribution in [3.8, 4) is 27.6 Å². The maximum absolute atomic E-state index is 12.8. The van der Waals surface area contributed by atoms with Crippen molar-refractivity contribution >= 4 is 16.3 Å². The Hall–Kier alpha value is -3.06. The largest absolute Gasteiger partial charge is 0.493 e. The van der Waals surface area contributed by atoms with E-state index in [4.69, 9.17) is 4.74 Å². The summed E-state index contributed by atoms with van der Waals surface area (Å²) in [6.07, 6.45) is 0. The van der Waals surface area contributed by atoms with Gasteiger partial charge < -0.3 is 4.74 Å². The Morgan fingerprint density at radius 3 is 2.60 bits per heavy atom. The number of nitrogens with zero attached hydrogens (tertiary/aromatic N) is 4. The summed E-state index contributed by atoms with van der Waals surface area (Å²) in [5.74, 6) is 0.730. The first kappa shape index (κ1) is 15.5. The van der Waals surface area contributed by atoms with Crippen LogP contribution in [-0.2, 0) is 0 Å². The predicted octanol–water partition coefficient (Wildman–Crippen LogP) is 3.28. The normalized spacial score (nSPS) is 10.9. The molecule has 0 aliphatic carbocycles. The van der Waals surface area contributed by atoms with E-state index in [-0.39, 0.29) is 11.3 Å². The van der Waals surface area contributed by atoms with Crippen LogP contribution in [0, 0.1) is 0 Å². The molecule has 0 atom stereocenters. The van der Waals surface area contributed by atoms with Crippen LogP contribution in [0.4, 0.5) is 0 Å². The zero-order chi connectivity index (χ0) is 17.2. The summed E-state index contributed by atoms with van der Waals surface area (Å²) in [7, 11) is 0. The molecule has 7 heteroatoms. The van der Waals surface area contributed by atoms with E-state index in [1.54, 1.807) is 0 Å². The molecule has 0 saturated heterocycles. The van der Waals surface area contributed by atoms with Gasteiger partial charge in [-0.15, -0.1) is 10.2 Å². The van der Waals surface area contributed by atoms with Crippen LogP contribution in [0.15, 0.2) is 59.4 Å². The Labute approximate surface area is 147 Å². The average molecular weight is 350 g/mol. The average Bonchev–Trinajstić information content (AvgIpc) is 3.09. The van der Waals surface area contributed by atoms with Crippen molar-refractivity contribution < 1.29 is 4.74 Å². The lowest BCUT2D eigenvalue weighted by molar-refractivity contribution is 0.341. The van der Waals surface area contributed by atoms with Crippen molar-refractivity contribution in [2.45, 2.75) is 6.92 Å². The van der Waals surface area contributed by atoms with Gasteiger partial charge in [0.25, 0.3) is 0 Å². The number of para-hydroxylation sites is 1. The number of benzene rings is 2. The van der Waals surface area contributed by atoms with Gasteiger partial charge in [-0.3, -0.25) is 4.79 Å². The van der Waals surface area contributed by atoms with Gasteiger partial charge in [-0.2, -0.15) is 9.61 Å². The summed E-state index contributed by atoms with van der Waals surface area (Å²) in [4.78, 5) is 13.2. The zero-order valence-corrected chi connectivity index (χ0v) is 14.2. The quantitative estimate of drug-likeness (QED) is 0.565. The lowest BCUT2D eigenvalue weighted by Gasteiger charge is -2.06. The van der Waals surface area contributed by atoms with Crippen LogP contribution in [0.5, 0.6) is 5.75 Å². The Balaban J connectivity index is 1.87. The molecule has 0 N–H and O–H groups in total. The molecule has 2 aromatic carbocycles. The maximum Gasteiger partial charge on any atom is 0.302 e. The van der Waals surface area contributed by atoms with Crippen molar-refractivity contribution in [1.82, 2.24) is 19.8 Å². The van der Waals surface area contributed by atoms with Gasteiger partial charge >= 0.3 is 5.56 Å². The molecule has 0 saturated carbocycles. The molecule has 25 heavy (non-hydrogen) atoms. The molecule has 0 amide bonds. The van der Waals surface area contributed by atoms with Gasteiger partial charge in [-0.05, 0) is 19.1 Å². The molecule has 2 aromatic heterocycles. The SMILES string of the molecule is CCOc1ccccc1-c1nn2c(=O)c(-c3ccccc3)nnc2s1. The smallest absolute Gasteiger partial charge is 0.302 e. The number of fused-ring (bicyclic) bond motifs is 1. The van der Waals surface area contributed by atoms with E-state index in [2.05, 4.69) is 15.3 Å². The lowest BCUT2D eigenvalue weighted by atomic mass is 10.2. The van der Waals surface area contributed by atoms with Crippen molar-refractivity contribution in [3.05, 3.63) is 65.0 Å². The molecule has 0 aliphatic rings. The zero-order valence-electron chi connectivity index (χ0n) is 13.4. The number of ether oxygens (including phenoxy) is 1. The molecule has 0 unspecified atom stereocenters. The maximum atomic E-state index is 12.8. The third-order valence-electron chi connectivity index (χ3n) is 3.66. The van der Waals surface area contributed by atoms with Crippen LogP contribution in [0.2, 0.25) is 0 Å². The van der Waals surface area contributed by atoms with Crippen LogP contribution in [0.3, 0.4) is 0 Å². The minimum atomic E-state index is -0.285. The third kappa shape index (κ3) is 2.78. The first-order chi connectivity index (χ1) is 12.3. The standard InChI is InChI=1S/C18H14N4O2S/c1-2-24-14-11-7-6-10-13(14)16-21-22-17(23)15(19-20-18(22)25-16)12-8-4-3-5-9-12/h3-11H,2H2,1H3. The van der Waals surface area contributed by atoms with E-state index >= 15 is 0 Å². The third-order valence-corrected chi connectivity index (χ3v) is 4.59. The number of hydrogen-bond donors (Lipinski definition) is 0. The fourth-order valence-corrected chi connectivity index (χ4v) is 3.39. The summed E-state index contributed by atoms with van der Waals surface area (Å²) >= 11 is 1.31. The molecule has 0 spiro atoms. The summed E-state index contributed by atoms with van der Waals surface area (Å²) in [6.45, 7) is 2.48. The van der Waals surface area contributed by atoms with Crippen molar-refractivity contribution in [2.24, 2.45) is 0 Å². The molecule has 6 nitrogen and oxygen atoms in total. The monoisotopic (exact) mass is 350 g/mol. The van der Waals surface area contributed by atoms with E-state index < -0.39 is 0 Å². The summed E-state index contributed by atoms with van der Waals surface area (Å²) in [5.41, 5.74) is 1.56. The second-order valence-electron chi connectivity index (χ2n) is 5.25. The molecule has 4 aromatic rings. The van der Waals surface area contributed by atoms with Crippen LogP contribution in [-0.4, -0.2) is 26.4 Å². The van der Waals surface area contributed by atoms with Crippen LogP contribution >= 0.6 is 11.3 Å². The van der Waals surface area contributed by atoms with E-state index in [1.807, 2.05) is 61.5 Å². The highest BCUT2D eigenvalue weighted by Gasteiger charge is 2.16. The van der Waals surface area contributed by atoms with Crippen molar-refractivity contribution in [1.29, 1.82) is 0 Å². The van der Waals surface area contributed by atoms with E-state index in [9.17, 15) is 4.79 Å². The van der Waals surface area contributed by atoms with Gasteiger partial charge in [0, 0.05) is 5.56 Å². The highest BCUT2D eigenvalue weighted by atomic mass is 32.1. The summed E-state index contributed by atoms with van der Waals surface area (Å²) < 4.78 is 6.96. The Morgan fingerprint density at radius 2 is 1.80 bits per heavy atom. The van der Waals surface area contributed by atoms with Crippen LogP contribution in [0.25, 0.3) is 26.8 Å². The number of aromatic nitrogens is 4. The molecule has 2 heterocycles. The number of hydrogen-bond acceptors (Lipinski definition) is 6. The molecular formula is C18H14N4O2S. The molecule has 124 valence electrons. The van der Waals surface area contributed by atoms with Gasteiger partial charge in [0.1, 0.15) is 5.75 Å². The van der Waals surface area contributed by atoms with Gasteiger partial charge in [0.2, 0.25) is 4.96 Å². The fraction of sp³-hybridized carbons (Fsp3) is 0.111. The first-order valence-electron chi connectivity index (χ1n) is 7.82. The van der Waals surface area contributed by atoms with Crippen LogP contribution < -0.4 is 10.3 Å². The molecule has 0 aliphatic heterocycles. The molecule has 0 fully saturated rings. The molecular weight excluding hydrogens is 336 g/mol. The van der Waals surface area contributed by atoms with Crippen LogP contribution in [0.1, 0.15) is 6.92 Å². The minimum Gasteiger partial charge on any atom is -0.493 e. The van der Waals surface area contributed by atoms with E-state index in [1.165, 1.54) is 15.9 Å². The van der Waals surface area contributed by atoms with Gasteiger partial charge in [0.15, 0.2) is 10.7 Å². The number of rotatable bonds is 4. The van der Waals surface area contributed by atoms with E-state index in [0.29, 0.717) is 16.6 Å². The Morgan fingerprint density at radius 1 is 1.04 bits per heavy atom. The van der Waals surface area contributed by atoms with Crippen molar-refractivity contribution in [2.75, 3.05) is 6.61 Å². The van der Waals surface area contributed by atoms with Gasteiger partial charge in [0.05, 0.1) is 12.2 Å². The summed E-state index contributed by atoms with van der Waals surface area (Å²) in [5, 5.41) is 13.4. The Kier molecular flexibility index (Phi) is 3.99.